The first-order valence-corrected chi connectivity index (χ1v) is 6.89. The van der Waals surface area contributed by atoms with Gasteiger partial charge >= 0.3 is 5.69 Å². The largest absolute Gasteiger partial charge is 0.484 e. The van der Waals surface area contributed by atoms with E-state index in [1.165, 1.54) is 6.07 Å². The van der Waals surface area contributed by atoms with Gasteiger partial charge < -0.3 is 15.4 Å². The van der Waals surface area contributed by atoms with Crippen LogP contribution in [0.3, 0.4) is 0 Å². The Morgan fingerprint density at radius 3 is 2.71 bits per heavy atom. The number of nitro benzene ring substituents is 1. The standard InChI is InChI=1S/C14H21N3O4/c1-4-15-14(18)7-8-16-11-5-6-12(17(19)20)13(9-11)21-10(2)3/h5-6,9-10,16H,4,7-8H2,1-3H3,(H,15,18). The number of carbonyl (C=O) groups excluding carboxylic acids is 1. The molecular weight excluding hydrogens is 274 g/mol. The molecule has 7 heteroatoms. The van der Waals surface area contributed by atoms with Gasteiger partial charge in [0.25, 0.3) is 0 Å². The Balaban J connectivity index is 2.71. The fraction of sp³-hybridized carbons (Fsp3) is 0.500. The van der Waals surface area contributed by atoms with Crippen molar-refractivity contribution >= 4 is 17.3 Å². The molecule has 1 amide bonds. The number of nitrogens with zero attached hydrogens (tertiary/aromatic N) is 1. The maximum Gasteiger partial charge on any atom is 0.311 e. The Bertz CT molecular complexity index is 503. The van der Waals surface area contributed by atoms with Crippen LogP contribution in [0.1, 0.15) is 27.2 Å². The van der Waals surface area contributed by atoms with E-state index in [-0.39, 0.29) is 23.4 Å². The molecule has 7 nitrogen and oxygen atoms in total. The summed E-state index contributed by atoms with van der Waals surface area (Å²) in [5.74, 6) is 0.184. The van der Waals surface area contributed by atoms with Crippen molar-refractivity contribution in [1.82, 2.24) is 5.32 Å². The van der Waals surface area contributed by atoms with Gasteiger partial charge in [0.15, 0.2) is 5.75 Å². The van der Waals surface area contributed by atoms with Crippen molar-refractivity contribution in [3.8, 4) is 5.75 Å². The van der Waals surface area contributed by atoms with E-state index in [1.54, 1.807) is 26.0 Å². The van der Waals surface area contributed by atoms with E-state index in [9.17, 15) is 14.9 Å². The van der Waals surface area contributed by atoms with Gasteiger partial charge in [-0.2, -0.15) is 0 Å². The average Bonchev–Trinajstić information content (AvgIpc) is 2.38. The summed E-state index contributed by atoms with van der Waals surface area (Å²) in [7, 11) is 0. The maximum atomic E-state index is 11.3. The highest BCUT2D eigenvalue weighted by Crippen LogP contribution is 2.30. The molecule has 1 aromatic carbocycles. The second kappa shape index (κ2) is 8.08. The molecule has 0 saturated carbocycles. The molecule has 0 fully saturated rings. The van der Waals surface area contributed by atoms with Crippen LogP contribution < -0.4 is 15.4 Å². The molecule has 0 bridgehead atoms. The van der Waals surface area contributed by atoms with Gasteiger partial charge in [-0.3, -0.25) is 14.9 Å². The third-order valence-corrected chi connectivity index (χ3v) is 2.57. The maximum absolute atomic E-state index is 11.3. The van der Waals surface area contributed by atoms with Crippen LogP contribution in [0, 0.1) is 10.1 Å². The van der Waals surface area contributed by atoms with Crippen molar-refractivity contribution in [2.45, 2.75) is 33.3 Å². The second-order valence-electron chi connectivity index (χ2n) is 4.74. The third-order valence-electron chi connectivity index (χ3n) is 2.57. The number of hydrogen-bond acceptors (Lipinski definition) is 5. The number of carbonyl (C=O) groups is 1. The van der Waals surface area contributed by atoms with Gasteiger partial charge in [-0.25, -0.2) is 0 Å². The molecule has 1 aromatic rings. The Kier molecular flexibility index (Phi) is 6.45. The van der Waals surface area contributed by atoms with Crippen molar-refractivity contribution in [1.29, 1.82) is 0 Å². The molecule has 0 aromatic heterocycles. The summed E-state index contributed by atoms with van der Waals surface area (Å²) in [6.07, 6.45) is 0.180. The zero-order valence-corrected chi connectivity index (χ0v) is 12.5. The molecular formula is C14H21N3O4. The van der Waals surface area contributed by atoms with Gasteiger partial charge in [0, 0.05) is 37.3 Å². The highest BCUT2D eigenvalue weighted by molar-refractivity contribution is 5.76. The van der Waals surface area contributed by atoms with Crippen LogP contribution in [0.15, 0.2) is 18.2 Å². The van der Waals surface area contributed by atoms with Crippen molar-refractivity contribution in [3.05, 3.63) is 28.3 Å². The summed E-state index contributed by atoms with van der Waals surface area (Å²) in [6, 6.07) is 4.57. The van der Waals surface area contributed by atoms with Crippen LogP contribution in [-0.2, 0) is 4.79 Å². The number of rotatable bonds is 8. The van der Waals surface area contributed by atoms with Crippen molar-refractivity contribution < 1.29 is 14.5 Å². The average molecular weight is 295 g/mol. The number of ether oxygens (including phenoxy) is 1. The van der Waals surface area contributed by atoms with Crippen LogP contribution in [0.5, 0.6) is 5.75 Å². The first-order chi connectivity index (χ1) is 9.93. The zero-order chi connectivity index (χ0) is 15.8. The third kappa shape index (κ3) is 5.68. The van der Waals surface area contributed by atoms with Crippen LogP contribution in [0.25, 0.3) is 0 Å². The molecule has 0 atom stereocenters. The fourth-order valence-corrected chi connectivity index (χ4v) is 1.73. The number of nitro groups is 1. The molecule has 0 heterocycles. The predicted molar refractivity (Wildman–Crippen MR) is 80.7 cm³/mol. The molecule has 21 heavy (non-hydrogen) atoms. The topological polar surface area (TPSA) is 93.5 Å². The smallest absolute Gasteiger partial charge is 0.311 e. The van der Waals surface area contributed by atoms with Crippen molar-refractivity contribution in [2.75, 3.05) is 18.4 Å². The normalized spacial score (nSPS) is 10.3. The minimum atomic E-state index is -0.476. The van der Waals surface area contributed by atoms with Gasteiger partial charge in [0.2, 0.25) is 5.91 Å². The highest BCUT2D eigenvalue weighted by Gasteiger charge is 2.16. The van der Waals surface area contributed by atoms with Crippen molar-refractivity contribution in [3.63, 3.8) is 0 Å². The van der Waals surface area contributed by atoms with Gasteiger partial charge in [-0.05, 0) is 26.8 Å². The Hall–Kier alpha value is -2.31. The SMILES string of the molecule is CCNC(=O)CCNc1ccc([N+](=O)[O-])c(OC(C)C)c1. The number of amides is 1. The summed E-state index contributed by atoms with van der Waals surface area (Å²) < 4.78 is 5.45. The monoisotopic (exact) mass is 295 g/mol. The van der Waals surface area contributed by atoms with Crippen LogP contribution in [0.4, 0.5) is 11.4 Å². The Morgan fingerprint density at radius 1 is 1.43 bits per heavy atom. The lowest BCUT2D eigenvalue weighted by atomic mass is 10.2. The Labute approximate surface area is 123 Å². The van der Waals surface area contributed by atoms with Crippen LogP contribution in [-0.4, -0.2) is 30.0 Å². The quantitative estimate of drug-likeness (QED) is 0.567. The molecule has 2 N–H and O–H groups in total. The van der Waals surface area contributed by atoms with E-state index < -0.39 is 4.92 Å². The lowest BCUT2D eigenvalue weighted by molar-refractivity contribution is -0.386. The van der Waals surface area contributed by atoms with Gasteiger partial charge in [0.05, 0.1) is 11.0 Å². The first kappa shape index (κ1) is 16.7. The molecule has 0 unspecified atom stereocenters. The molecule has 0 aliphatic heterocycles. The molecule has 0 saturated heterocycles. The van der Waals surface area contributed by atoms with E-state index in [0.29, 0.717) is 25.2 Å². The minimum Gasteiger partial charge on any atom is -0.484 e. The predicted octanol–water partition coefficient (Wildman–Crippen LogP) is 2.32. The second-order valence-corrected chi connectivity index (χ2v) is 4.74. The van der Waals surface area contributed by atoms with E-state index >= 15 is 0 Å². The summed E-state index contributed by atoms with van der Waals surface area (Å²) in [5.41, 5.74) is 0.610. The minimum absolute atomic E-state index is 0.0365. The van der Waals surface area contributed by atoms with Crippen LogP contribution >= 0.6 is 0 Å². The number of anilines is 1. The molecule has 0 aliphatic rings. The lowest BCUT2D eigenvalue weighted by Gasteiger charge is -2.12. The van der Waals surface area contributed by atoms with E-state index in [2.05, 4.69) is 10.6 Å². The Morgan fingerprint density at radius 2 is 2.14 bits per heavy atom. The lowest BCUT2D eigenvalue weighted by Crippen LogP contribution is -2.24. The molecule has 1 rings (SSSR count). The molecule has 0 radical (unpaired) electrons. The zero-order valence-electron chi connectivity index (χ0n) is 12.5. The fourth-order valence-electron chi connectivity index (χ4n) is 1.73. The van der Waals surface area contributed by atoms with Gasteiger partial charge in [-0.15, -0.1) is 0 Å². The highest BCUT2D eigenvalue weighted by atomic mass is 16.6. The summed E-state index contributed by atoms with van der Waals surface area (Å²) >= 11 is 0. The van der Waals surface area contributed by atoms with E-state index in [4.69, 9.17) is 4.74 Å². The van der Waals surface area contributed by atoms with E-state index in [0.717, 1.165) is 0 Å². The molecule has 0 spiro atoms. The number of hydrogen-bond donors (Lipinski definition) is 2. The molecule has 116 valence electrons. The van der Waals surface area contributed by atoms with Crippen LogP contribution in [0.2, 0.25) is 0 Å². The van der Waals surface area contributed by atoms with Gasteiger partial charge in [0.1, 0.15) is 0 Å². The van der Waals surface area contributed by atoms with E-state index in [1.807, 2.05) is 6.92 Å². The van der Waals surface area contributed by atoms with Crippen molar-refractivity contribution in [2.24, 2.45) is 0 Å². The summed E-state index contributed by atoms with van der Waals surface area (Å²) in [5, 5.41) is 16.7. The first-order valence-electron chi connectivity index (χ1n) is 6.89. The number of benzene rings is 1. The molecule has 0 aliphatic carbocycles. The summed E-state index contributed by atoms with van der Waals surface area (Å²) in [6.45, 7) is 6.52. The summed E-state index contributed by atoms with van der Waals surface area (Å²) in [4.78, 5) is 21.8. The van der Waals surface area contributed by atoms with Gasteiger partial charge in [-0.1, -0.05) is 0 Å². The number of nitrogens with one attached hydrogen (secondary N) is 2.